The minimum Gasteiger partial charge on any atom is -0.466 e. The molecule has 0 aliphatic carbocycles. The molecule has 0 aliphatic rings. The first-order chi connectivity index (χ1) is 28.0. The minimum absolute atomic E-state index is 0.0145. The molecule has 2 unspecified atom stereocenters. The summed E-state index contributed by atoms with van der Waals surface area (Å²) >= 11 is 0. The Morgan fingerprint density at radius 2 is 0.877 bits per heavy atom. The normalized spacial score (nSPS) is 12.8. The molecule has 6 nitrogen and oxygen atoms in total. The molecule has 6 heteroatoms. The van der Waals surface area contributed by atoms with E-state index < -0.39 is 12.1 Å². The third-order valence-electron chi connectivity index (χ3n) is 11.5. The fourth-order valence-electron chi connectivity index (χ4n) is 7.61. The summed E-state index contributed by atoms with van der Waals surface area (Å²) in [5, 5.41) is 23.1. The first kappa shape index (κ1) is 55.3. The lowest BCUT2D eigenvalue weighted by Gasteiger charge is -2.22. The SMILES string of the molecule is CCCCCCCCCCCCCCCC(=O)OCCCCC/C=C\C/C=C\CCCCCCCCCC(=O)NC(CO)C(O)CCCCCCCCCCCC. The van der Waals surface area contributed by atoms with Crippen LogP contribution in [0.4, 0.5) is 0 Å². The highest BCUT2D eigenvalue weighted by atomic mass is 16.5. The van der Waals surface area contributed by atoms with Gasteiger partial charge in [0.25, 0.3) is 0 Å². The summed E-state index contributed by atoms with van der Waals surface area (Å²) in [5.41, 5.74) is 0. The molecule has 0 saturated heterocycles. The van der Waals surface area contributed by atoms with E-state index in [9.17, 15) is 19.8 Å². The predicted molar refractivity (Wildman–Crippen MR) is 246 cm³/mol. The second-order valence-electron chi connectivity index (χ2n) is 17.1. The lowest BCUT2D eigenvalue weighted by Crippen LogP contribution is -2.45. The maximum Gasteiger partial charge on any atom is 0.305 e. The van der Waals surface area contributed by atoms with Crippen LogP contribution >= 0.6 is 0 Å². The first-order valence-corrected chi connectivity index (χ1v) is 25.1. The van der Waals surface area contributed by atoms with Crippen LogP contribution < -0.4 is 5.32 Å². The van der Waals surface area contributed by atoms with Gasteiger partial charge in [-0.1, -0.05) is 212 Å². The standard InChI is InChI=1S/C51H97NO5/c1-3-5-7-9-11-13-15-21-25-29-33-37-41-45-51(56)57-46-42-38-34-30-26-23-20-18-16-17-19-22-24-28-32-36-40-44-50(55)52-48(47-53)49(54)43-39-35-31-27-14-12-10-8-6-4-2/h16,18,23,26,48-49,53-54H,3-15,17,19-22,24-25,27-47H2,1-2H3,(H,52,55)/b18-16-,26-23-. The molecule has 336 valence electrons. The number of carbonyl (C=O) groups excluding carboxylic acids is 2. The summed E-state index contributed by atoms with van der Waals surface area (Å²) < 4.78 is 5.44. The van der Waals surface area contributed by atoms with Gasteiger partial charge < -0.3 is 20.3 Å². The number of nitrogens with one attached hydrogen (secondary N) is 1. The number of hydrogen-bond acceptors (Lipinski definition) is 5. The van der Waals surface area contributed by atoms with Crippen LogP contribution in [0.3, 0.4) is 0 Å². The molecule has 0 heterocycles. The zero-order valence-electron chi connectivity index (χ0n) is 38.1. The van der Waals surface area contributed by atoms with Gasteiger partial charge in [0.1, 0.15) is 0 Å². The quantitative estimate of drug-likeness (QED) is 0.0324. The van der Waals surface area contributed by atoms with Crippen LogP contribution in [0.25, 0.3) is 0 Å². The lowest BCUT2D eigenvalue weighted by molar-refractivity contribution is -0.143. The van der Waals surface area contributed by atoms with E-state index >= 15 is 0 Å². The van der Waals surface area contributed by atoms with Gasteiger partial charge in [-0.2, -0.15) is 0 Å². The van der Waals surface area contributed by atoms with Crippen LogP contribution in [0.15, 0.2) is 24.3 Å². The number of rotatable bonds is 46. The Hall–Kier alpha value is -1.66. The van der Waals surface area contributed by atoms with Gasteiger partial charge in [0.05, 0.1) is 25.4 Å². The van der Waals surface area contributed by atoms with Crippen molar-refractivity contribution in [3.05, 3.63) is 24.3 Å². The first-order valence-electron chi connectivity index (χ1n) is 25.1. The molecular formula is C51H97NO5. The maximum atomic E-state index is 12.4. The number of amides is 1. The monoisotopic (exact) mass is 804 g/mol. The van der Waals surface area contributed by atoms with Gasteiger partial charge in [-0.05, 0) is 64.2 Å². The number of aliphatic hydroxyl groups is 2. The molecule has 0 aliphatic heterocycles. The average Bonchev–Trinajstić information content (AvgIpc) is 3.21. The Balaban J connectivity index is 3.49. The van der Waals surface area contributed by atoms with Crippen molar-refractivity contribution in [2.45, 2.75) is 276 Å². The molecule has 0 aromatic heterocycles. The third-order valence-corrected chi connectivity index (χ3v) is 11.5. The van der Waals surface area contributed by atoms with Crippen molar-refractivity contribution in [1.29, 1.82) is 0 Å². The topological polar surface area (TPSA) is 95.9 Å². The molecule has 2 atom stereocenters. The van der Waals surface area contributed by atoms with E-state index in [2.05, 4.69) is 43.5 Å². The Labute approximate surface area is 354 Å². The summed E-state index contributed by atoms with van der Waals surface area (Å²) in [6.07, 6.45) is 54.3. The van der Waals surface area contributed by atoms with E-state index in [4.69, 9.17) is 4.74 Å². The molecule has 1 amide bonds. The molecule has 0 saturated carbocycles. The Kier molecular flexibility index (Phi) is 45.7. The summed E-state index contributed by atoms with van der Waals surface area (Å²) in [4.78, 5) is 24.4. The molecule has 0 rings (SSSR count). The van der Waals surface area contributed by atoms with Crippen LogP contribution in [-0.4, -0.2) is 47.4 Å². The van der Waals surface area contributed by atoms with Crippen LogP contribution in [-0.2, 0) is 14.3 Å². The lowest BCUT2D eigenvalue weighted by atomic mass is 10.0. The third kappa shape index (κ3) is 43.7. The van der Waals surface area contributed by atoms with Crippen molar-refractivity contribution in [2.75, 3.05) is 13.2 Å². The number of ether oxygens (including phenoxy) is 1. The van der Waals surface area contributed by atoms with Crippen molar-refractivity contribution >= 4 is 11.9 Å². The average molecular weight is 804 g/mol. The van der Waals surface area contributed by atoms with Gasteiger partial charge in [0, 0.05) is 12.8 Å². The number of unbranched alkanes of at least 4 members (excludes halogenated alkanes) is 31. The van der Waals surface area contributed by atoms with Crippen molar-refractivity contribution < 1.29 is 24.5 Å². The number of esters is 1. The van der Waals surface area contributed by atoms with E-state index in [-0.39, 0.29) is 18.5 Å². The molecule has 0 fully saturated rings. The molecule has 0 aromatic carbocycles. The highest BCUT2D eigenvalue weighted by Crippen LogP contribution is 2.16. The molecule has 0 spiro atoms. The van der Waals surface area contributed by atoms with Crippen molar-refractivity contribution in [3.63, 3.8) is 0 Å². The highest BCUT2D eigenvalue weighted by Gasteiger charge is 2.20. The second kappa shape index (κ2) is 47.0. The van der Waals surface area contributed by atoms with Crippen molar-refractivity contribution in [1.82, 2.24) is 5.32 Å². The van der Waals surface area contributed by atoms with E-state index in [1.54, 1.807) is 0 Å². The summed E-state index contributed by atoms with van der Waals surface area (Å²) in [6, 6.07) is -0.551. The van der Waals surface area contributed by atoms with Gasteiger partial charge in [-0.3, -0.25) is 9.59 Å². The van der Waals surface area contributed by atoms with E-state index in [1.807, 2.05) is 0 Å². The summed E-state index contributed by atoms with van der Waals surface area (Å²) in [7, 11) is 0. The smallest absolute Gasteiger partial charge is 0.305 e. The Morgan fingerprint density at radius 1 is 0.491 bits per heavy atom. The van der Waals surface area contributed by atoms with E-state index in [1.165, 1.54) is 148 Å². The summed E-state index contributed by atoms with van der Waals surface area (Å²) in [6.45, 7) is 4.89. The molecular weight excluding hydrogens is 707 g/mol. The molecule has 3 N–H and O–H groups in total. The van der Waals surface area contributed by atoms with Gasteiger partial charge in [0.15, 0.2) is 0 Å². The van der Waals surface area contributed by atoms with Gasteiger partial charge in [0.2, 0.25) is 5.91 Å². The highest BCUT2D eigenvalue weighted by molar-refractivity contribution is 5.76. The van der Waals surface area contributed by atoms with E-state index in [0.29, 0.717) is 25.9 Å². The molecule has 57 heavy (non-hydrogen) atoms. The molecule has 0 bridgehead atoms. The van der Waals surface area contributed by atoms with Crippen LogP contribution in [0.1, 0.15) is 264 Å². The zero-order chi connectivity index (χ0) is 41.5. The second-order valence-corrected chi connectivity index (χ2v) is 17.1. The van der Waals surface area contributed by atoms with Crippen LogP contribution in [0.5, 0.6) is 0 Å². The molecule has 0 radical (unpaired) electrons. The van der Waals surface area contributed by atoms with Gasteiger partial charge in [-0.25, -0.2) is 0 Å². The maximum absolute atomic E-state index is 12.4. The Bertz CT molecular complexity index is 889. The van der Waals surface area contributed by atoms with Crippen LogP contribution in [0.2, 0.25) is 0 Å². The fourth-order valence-corrected chi connectivity index (χ4v) is 7.61. The van der Waals surface area contributed by atoms with Crippen molar-refractivity contribution in [3.8, 4) is 0 Å². The van der Waals surface area contributed by atoms with Crippen LogP contribution in [0, 0.1) is 0 Å². The van der Waals surface area contributed by atoms with Gasteiger partial charge in [-0.15, -0.1) is 0 Å². The van der Waals surface area contributed by atoms with E-state index in [0.717, 1.165) is 83.5 Å². The number of hydrogen-bond donors (Lipinski definition) is 3. The van der Waals surface area contributed by atoms with Crippen molar-refractivity contribution in [2.24, 2.45) is 0 Å². The number of carbonyl (C=O) groups is 2. The number of aliphatic hydroxyl groups excluding tert-OH is 2. The van der Waals surface area contributed by atoms with Gasteiger partial charge >= 0.3 is 5.97 Å². The number of allylic oxidation sites excluding steroid dienone is 4. The zero-order valence-corrected chi connectivity index (χ0v) is 38.1. The predicted octanol–water partition coefficient (Wildman–Crippen LogP) is 14.7. The summed E-state index contributed by atoms with van der Waals surface area (Å²) in [5.74, 6) is -0.0677. The largest absolute Gasteiger partial charge is 0.466 e. The minimum atomic E-state index is -0.672. The fraction of sp³-hybridized carbons (Fsp3) is 0.882. The molecule has 0 aromatic rings. The Morgan fingerprint density at radius 3 is 1.33 bits per heavy atom.